The molecule has 0 aromatic rings. The summed E-state index contributed by atoms with van der Waals surface area (Å²) in [4.78, 5) is 27.4. The highest BCUT2D eigenvalue weighted by molar-refractivity contribution is 5.79. The Morgan fingerprint density at radius 3 is 2.52 bits per heavy atom. The summed E-state index contributed by atoms with van der Waals surface area (Å²) in [5, 5.41) is 12.1. The van der Waals surface area contributed by atoms with Crippen LogP contribution in [-0.2, 0) is 4.79 Å². The van der Waals surface area contributed by atoms with Crippen molar-refractivity contribution >= 4 is 12.0 Å². The minimum atomic E-state index is -0.819. The summed E-state index contributed by atoms with van der Waals surface area (Å²) in [5.74, 6) is -0.402. The molecule has 0 aromatic carbocycles. The SMILES string of the molecule is CC(CNC(=O)N1CCC(C)(C(=O)O)C1)CN1CCCC1. The van der Waals surface area contributed by atoms with E-state index in [0.717, 1.165) is 6.54 Å². The number of carboxylic acids is 1. The van der Waals surface area contributed by atoms with E-state index >= 15 is 0 Å². The van der Waals surface area contributed by atoms with Gasteiger partial charge in [-0.05, 0) is 45.2 Å². The van der Waals surface area contributed by atoms with Crippen LogP contribution < -0.4 is 5.32 Å². The topological polar surface area (TPSA) is 72.9 Å². The van der Waals surface area contributed by atoms with E-state index in [1.807, 2.05) is 0 Å². The average molecular weight is 297 g/mol. The number of carbonyl (C=O) groups excluding carboxylic acids is 1. The van der Waals surface area contributed by atoms with E-state index in [1.165, 1.54) is 25.9 Å². The largest absolute Gasteiger partial charge is 0.481 e. The van der Waals surface area contributed by atoms with E-state index in [1.54, 1.807) is 11.8 Å². The first-order valence-electron chi connectivity index (χ1n) is 7.89. The zero-order valence-corrected chi connectivity index (χ0v) is 13.1. The maximum atomic E-state index is 12.1. The predicted octanol–water partition coefficient (Wildman–Crippen LogP) is 1.22. The highest BCUT2D eigenvalue weighted by Crippen LogP contribution is 2.29. The number of amides is 2. The molecule has 0 spiro atoms. The Balaban J connectivity index is 1.71. The van der Waals surface area contributed by atoms with Crippen LogP contribution >= 0.6 is 0 Å². The monoisotopic (exact) mass is 297 g/mol. The number of aliphatic carboxylic acids is 1. The first kappa shape index (κ1) is 16.1. The molecule has 2 unspecified atom stereocenters. The van der Waals surface area contributed by atoms with Crippen LogP contribution in [0, 0.1) is 11.3 Å². The van der Waals surface area contributed by atoms with Crippen molar-refractivity contribution in [3.05, 3.63) is 0 Å². The van der Waals surface area contributed by atoms with E-state index in [9.17, 15) is 14.7 Å². The van der Waals surface area contributed by atoms with Gasteiger partial charge in [0.25, 0.3) is 0 Å². The van der Waals surface area contributed by atoms with Gasteiger partial charge in [0, 0.05) is 26.2 Å². The van der Waals surface area contributed by atoms with Crippen LogP contribution in [0.25, 0.3) is 0 Å². The molecule has 2 aliphatic heterocycles. The minimum absolute atomic E-state index is 0.131. The standard InChI is InChI=1S/C15H27N3O3/c1-12(10-17-6-3-4-7-17)9-16-14(21)18-8-5-15(2,11-18)13(19)20/h12H,3-11H2,1-2H3,(H,16,21)(H,19,20). The van der Waals surface area contributed by atoms with Crippen molar-refractivity contribution in [3.8, 4) is 0 Å². The van der Waals surface area contributed by atoms with E-state index in [-0.39, 0.29) is 6.03 Å². The van der Waals surface area contributed by atoms with Gasteiger partial charge >= 0.3 is 12.0 Å². The third kappa shape index (κ3) is 4.09. The number of likely N-dealkylation sites (tertiary alicyclic amines) is 2. The Morgan fingerprint density at radius 1 is 1.29 bits per heavy atom. The first-order valence-corrected chi connectivity index (χ1v) is 7.89. The normalized spacial score (nSPS) is 27.8. The molecular formula is C15H27N3O3. The summed E-state index contributed by atoms with van der Waals surface area (Å²) in [5.41, 5.74) is -0.793. The molecule has 0 saturated carbocycles. The maximum Gasteiger partial charge on any atom is 0.317 e. The van der Waals surface area contributed by atoms with Crippen molar-refractivity contribution in [1.29, 1.82) is 0 Å². The molecule has 0 radical (unpaired) electrons. The highest BCUT2D eigenvalue weighted by Gasteiger charge is 2.42. The van der Waals surface area contributed by atoms with E-state index in [4.69, 9.17) is 0 Å². The van der Waals surface area contributed by atoms with Gasteiger partial charge in [0.15, 0.2) is 0 Å². The van der Waals surface area contributed by atoms with E-state index in [0.29, 0.717) is 32.0 Å². The van der Waals surface area contributed by atoms with Crippen molar-refractivity contribution in [1.82, 2.24) is 15.1 Å². The van der Waals surface area contributed by atoms with Crippen molar-refractivity contribution in [2.75, 3.05) is 39.3 Å². The maximum absolute atomic E-state index is 12.1. The second-order valence-corrected chi connectivity index (χ2v) is 6.84. The fraction of sp³-hybridized carbons (Fsp3) is 0.867. The van der Waals surface area contributed by atoms with Crippen molar-refractivity contribution in [2.24, 2.45) is 11.3 Å². The molecule has 2 rings (SSSR count). The van der Waals surface area contributed by atoms with Gasteiger partial charge in [-0.25, -0.2) is 4.79 Å². The molecule has 2 amide bonds. The van der Waals surface area contributed by atoms with Crippen LogP contribution in [0.15, 0.2) is 0 Å². The highest BCUT2D eigenvalue weighted by atomic mass is 16.4. The summed E-state index contributed by atoms with van der Waals surface area (Å²) >= 11 is 0. The molecule has 0 aromatic heterocycles. The van der Waals surface area contributed by atoms with E-state index in [2.05, 4.69) is 17.1 Å². The number of hydrogen-bond donors (Lipinski definition) is 2. The molecule has 120 valence electrons. The Hall–Kier alpha value is -1.30. The summed E-state index contributed by atoms with van der Waals surface area (Å²) in [6, 6.07) is -0.131. The third-order valence-electron chi connectivity index (χ3n) is 4.65. The van der Waals surface area contributed by atoms with Gasteiger partial charge in [-0.1, -0.05) is 6.92 Å². The lowest BCUT2D eigenvalue weighted by atomic mass is 9.90. The Morgan fingerprint density at radius 2 is 1.95 bits per heavy atom. The van der Waals surface area contributed by atoms with Gasteiger partial charge in [0.1, 0.15) is 0 Å². The van der Waals surface area contributed by atoms with Crippen LogP contribution in [-0.4, -0.2) is 66.2 Å². The van der Waals surface area contributed by atoms with Crippen LogP contribution in [0.1, 0.15) is 33.1 Å². The van der Waals surface area contributed by atoms with Gasteiger partial charge in [-0.3, -0.25) is 4.79 Å². The van der Waals surface area contributed by atoms with Crippen molar-refractivity contribution in [3.63, 3.8) is 0 Å². The molecule has 0 bridgehead atoms. The second kappa shape index (κ2) is 6.64. The lowest BCUT2D eigenvalue weighted by molar-refractivity contribution is -0.146. The molecule has 2 N–H and O–H groups in total. The first-order chi connectivity index (χ1) is 9.90. The minimum Gasteiger partial charge on any atom is -0.481 e. The number of rotatable bonds is 5. The summed E-state index contributed by atoms with van der Waals surface area (Å²) in [6.07, 6.45) is 3.08. The number of hydrogen-bond acceptors (Lipinski definition) is 3. The average Bonchev–Trinajstić information content (AvgIpc) is 3.06. The lowest BCUT2D eigenvalue weighted by Gasteiger charge is -2.23. The van der Waals surface area contributed by atoms with Crippen LogP contribution in [0.5, 0.6) is 0 Å². The summed E-state index contributed by atoms with van der Waals surface area (Å²) < 4.78 is 0. The molecule has 6 nitrogen and oxygen atoms in total. The number of carboxylic acid groups (broad SMARTS) is 1. The Kier molecular flexibility index (Phi) is 5.08. The van der Waals surface area contributed by atoms with Gasteiger partial charge < -0.3 is 20.2 Å². The summed E-state index contributed by atoms with van der Waals surface area (Å²) in [6.45, 7) is 8.68. The lowest BCUT2D eigenvalue weighted by Crippen LogP contribution is -2.43. The smallest absolute Gasteiger partial charge is 0.317 e. The van der Waals surface area contributed by atoms with Gasteiger partial charge in [0.2, 0.25) is 0 Å². The molecule has 2 saturated heterocycles. The molecule has 2 atom stereocenters. The Bertz CT molecular complexity index is 396. The van der Waals surface area contributed by atoms with Gasteiger partial charge in [-0.2, -0.15) is 0 Å². The fourth-order valence-corrected chi connectivity index (χ4v) is 3.15. The second-order valence-electron chi connectivity index (χ2n) is 6.84. The fourth-order valence-electron chi connectivity index (χ4n) is 3.15. The molecule has 2 aliphatic rings. The van der Waals surface area contributed by atoms with Crippen LogP contribution in [0.2, 0.25) is 0 Å². The number of nitrogens with one attached hydrogen (secondary N) is 1. The molecule has 2 fully saturated rings. The summed E-state index contributed by atoms with van der Waals surface area (Å²) in [7, 11) is 0. The zero-order valence-electron chi connectivity index (χ0n) is 13.1. The number of carbonyl (C=O) groups is 2. The Labute approximate surface area is 126 Å². The van der Waals surface area contributed by atoms with Gasteiger partial charge in [0.05, 0.1) is 5.41 Å². The van der Waals surface area contributed by atoms with Crippen LogP contribution in [0.4, 0.5) is 4.79 Å². The molecule has 0 aliphatic carbocycles. The predicted molar refractivity (Wildman–Crippen MR) is 80.2 cm³/mol. The molecule has 21 heavy (non-hydrogen) atoms. The van der Waals surface area contributed by atoms with Crippen LogP contribution in [0.3, 0.4) is 0 Å². The molecule has 6 heteroatoms. The number of nitrogens with zero attached hydrogens (tertiary/aromatic N) is 2. The van der Waals surface area contributed by atoms with Gasteiger partial charge in [-0.15, -0.1) is 0 Å². The third-order valence-corrected chi connectivity index (χ3v) is 4.65. The zero-order chi connectivity index (χ0) is 15.5. The number of urea groups is 1. The van der Waals surface area contributed by atoms with Crippen molar-refractivity contribution in [2.45, 2.75) is 33.1 Å². The van der Waals surface area contributed by atoms with Crippen molar-refractivity contribution < 1.29 is 14.7 Å². The molecule has 2 heterocycles. The van der Waals surface area contributed by atoms with E-state index < -0.39 is 11.4 Å². The molecular weight excluding hydrogens is 270 g/mol. The quantitative estimate of drug-likeness (QED) is 0.800.